The van der Waals surface area contributed by atoms with Crippen molar-refractivity contribution in [1.82, 2.24) is 29.9 Å². The molecule has 1 aliphatic heterocycles. The highest BCUT2D eigenvalue weighted by molar-refractivity contribution is 5.78. The zero-order chi connectivity index (χ0) is 18.1. The van der Waals surface area contributed by atoms with Crippen LogP contribution in [-0.4, -0.2) is 62.1 Å². The van der Waals surface area contributed by atoms with Gasteiger partial charge in [-0.15, -0.1) is 0 Å². The molecule has 0 unspecified atom stereocenters. The van der Waals surface area contributed by atoms with Gasteiger partial charge in [0, 0.05) is 27.1 Å². The van der Waals surface area contributed by atoms with Crippen molar-refractivity contribution in [1.29, 1.82) is 0 Å². The second-order valence-corrected chi connectivity index (χ2v) is 6.35. The lowest BCUT2D eigenvalue weighted by Gasteiger charge is -2.22. The summed E-state index contributed by atoms with van der Waals surface area (Å²) in [4.78, 5) is 18.9. The summed E-state index contributed by atoms with van der Waals surface area (Å²) in [6, 6.07) is -0.206. The van der Waals surface area contributed by atoms with E-state index >= 15 is 0 Å². The first-order chi connectivity index (χ1) is 11.9. The van der Waals surface area contributed by atoms with Gasteiger partial charge in [0.15, 0.2) is 18.2 Å². The number of hydrogen-bond acceptors (Lipinski definition) is 6. The fourth-order valence-electron chi connectivity index (χ4n) is 3.18. The number of amides is 1. The van der Waals surface area contributed by atoms with Crippen molar-refractivity contribution in [3.63, 3.8) is 0 Å². The summed E-state index contributed by atoms with van der Waals surface area (Å²) in [7, 11) is 3.50. The number of H-pyrrole nitrogens is 1. The average Bonchev–Trinajstić information content (AvgIpc) is 3.25. The Labute approximate surface area is 146 Å². The molecule has 0 bridgehead atoms. The molecule has 0 aliphatic carbocycles. The van der Waals surface area contributed by atoms with E-state index in [9.17, 15) is 4.79 Å². The number of ether oxygens (including phenoxy) is 2. The molecule has 2 aromatic heterocycles. The maximum absolute atomic E-state index is 12.8. The number of rotatable bonds is 5. The van der Waals surface area contributed by atoms with Gasteiger partial charge in [-0.05, 0) is 20.8 Å². The number of nitrogens with zero attached hydrogens (tertiary/aromatic N) is 5. The molecule has 9 nitrogen and oxygen atoms in total. The molecule has 0 aromatic carbocycles. The number of nitrogens with one attached hydrogen (secondary N) is 1. The molecule has 0 saturated carbocycles. The molecule has 1 aliphatic rings. The molecule has 25 heavy (non-hydrogen) atoms. The van der Waals surface area contributed by atoms with Gasteiger partial charge in [-0.2, -0.15) is 10.2 Å². The summed E-state index contributed by atoms with van der Waals surface area (Å²) in [5.74, 6) is 1.87. The van der Waals surface area contributed by atoms with E-state index in [0.29, 0.717) is 24.5 Å². The van der Waals surface area contributed by atoms with Gasteiger partial charge < -0.3 is 14.4 Å². The number of carbonyl (C=O) groups is 1. The second kappa shape index (κ2) is 6.83. The average molecular weight is 348 g/mol. The van der Waals surface area contributed by atoms with Crippen molar-refractivity contribution in [2.75, 3.05) is 20.3 Å². The molecule has 3 rings (SSSR count). The van der Waals surface area contributed by atoms with Crippen molar-refractivity contribution >= 4 is 5.91 Å². The molecule has 1 saturated heterocycles. The molecule has 0 spiro atoms. The highest BCUT2D eigenvalue weighted by Crippen LogP contribution is 2.31. The van der Waals surface area contributed by atoms with Gasteiger partial charge in [-0.1, -0.05) is 0 Å². The number of carbonyl (C=O) groups excluding carboxylic acids is 1. The third kappa shape index (κ3) is 3.37. The molecule has 0 radical (unpaired) electrons. The summed E-state index contributed by atoms with van der Waals surface area (Å²) in [5, 5.41) is 11.3. The van der Waals surface area contributed by atoms with Crippen LogP contribution in [0.15, 0.2) is 0 Å². The maximum Gasteiger partial charge on any atom is 0.261 e. The van der Waals surface area contributed by atoms with E-state index in [-0.39, 0.29) is 24.7 Å². The third-order valence-corrected chi connectivity index (χ3v) is 4.61. The number of likely N-dealkylation sites (tertiary alicyclic amines) is 1. The zero-order valence-electron chi connectivity index (χ0n) is 15.2. The zero-order valence-corrected chi connectivity index (χ0v) is 15.2. The molecule has 2 aromatic rings. The van der Waals surface area contributed by atoms with Crippen molar-refractivity contribution in [3.05, 3.63) is 23.0 Å². The van der Waals surface area contributed by atoms with Gasteiger partial charge in [-0.3, -0.25) is 14.6 Å². The Morgan fingerprint density at radius 2 is 2.12 bits per heavy atom. The smallest absolute Gasteiger partial charge is 0.261 e. The van der Waals surface area contributed by atoms with E-state index in [1.54, 1.807) is 16.7 Å². The molecule has 3 heterocycles. The first kappa shape index (κ1) is 17.4. The Morgan fingerprint density at radius 3 is 2.68 bits per heavy atom. The van der Waals surface area contributed by atoms with Gasteiger partial charge in [0.2, 0.25) is 0 Å². The van der Waals surface area contributed by atoms with Crippen molar-refractivity contribution in [3.8, 4) is 5.75 Å². The molecule has 1 N–H and O–H groups in total. The van der Waals surface area contributed by atoms with Gasteiger partial charge >= 0.3 is 0 Å². The minimum absolute atomic E-state index is 0.0328. The van der Waals surface area contributed by atoms with E-state index in [2.05, 4.69) is 20.3 Å². The van der Waals surface area contributed by atoms with E-state index in [1.165, 1.54) is 0 Å². The summed E-state index contributed by atoms with van der Waals surface area (Å²) in [6.45, 7) is 6.06. The lowest BCUT2D eigenvalue weighted by atomic mass is 10.2. The molecule has 2 atom stereocenters. The Hall–Kier alpha value is -2.42. The Balaban J connectivity index is 1.72. The molecular weight excluding hydrogens is 324 g/mol. The summed E-state index contributed by atoms with van der Waals surface area (Å²) in [5.41, 5.74) is 1.66. The standard InChI is InChI=1S/C16H24N6O3/c1-9-15(10(2)21(4)20-9)25-8-14(23)22-7-12(24-5)6-13(22)16-17-11(3)18-19-16/h12-13H,6-8H2,1-5H3,(H,17,18,19)/t12-,13+/m1/s1. The molecule has 1 amide bonds. The molecule has 9 heteroatoms. The van der Waals surface area contributed by atoms with Crippen LogP contribution < -0.4 is 4.74 Å². The summed E-state index contributed by atoms with van der Waals surface area (Å²) in [6.07, 6.45) is 0.638. The predicted molar refractivity (Wildman–Crippen MR) is 89.2 cm³/mol. The highest BCUT2D eigenvalue weighted by atomic mass is 16.5. The van der Waals surface area contributed by atoms with E-state index in [4.69, 9.17) is 9.47 Å². The minimum Gasteiger partial charge on any atom is -0.480 e. The number of aryl methyl sites for hydroxylation is 3. The van der Waals surface area contributed by atoms with Gasteiger partial charge in [0.1, 0.15) is 11.5 Å². The minimum atomic E-state index is -0.206. The SMILES string of the molecule is CO[C@@H]1C[C@@H](c2n[nH]c(C)n2)N(C(=O)COc2c(C)nn(C)c2C)C1. The number of methoxy groups -OCH3 is 1. The fraction of sp³-hybridized carbons (Fsp3) is 0.625. The van der Waals surface area contributed by atoms with Crippen molar-refractivity contribution in [2.45, 2.75) is 39.3 Å². The Bertz CT molecular complexity index is 768. The number of aromatic amines is 1. The van der Waals surface area contributed by atoms with Crippen LogP contribution in [0.4, 0.5) is 0 Å². The first-order valence-corrected chi connectivity index (χ1v) is 8.24. The van der Waals surface area contributed by atoms with Gasteiger partial charge in [-0.25, -0.2) is 4.98 Å². The predicted octanol–water partition coefficient (Wildman–Crippen LogP) is 0.831. The van der Waals surface area contributed by atoms with Crippen LogP contribution >= 0.6 is 0 Å². The lowest BCUT2D eigenvalue weighted by molar-refractivity contribution is -0.134. The normalized spacial score (nSPS) is 20.3. The van der Waals surface area contributed by atoms with Crippen LogP contribution in [0.1, 0.15) is 35.5 Å². The summed E-state index contributed by atoms with van der Waals surface area (Å²) >= 11 is 0. The number of aromatic nitrogens is 5. The third-order valence-electron chi connectivity index (χ3n) is 4.61. The quantitative estimate of drug-likeness (QED) is 0.859. The molecule has 136 valence electrons. The maximum atomic E-state index is 12.8. The van der Waals surface area contributed by atoms with Crippen molar-refractivity contribution in [2.24, 2.45) is 7.05 Å². The first-order valence-electron chi connectivity index (χ1n) is 8.24. The second-order valence-electron chi connectivity index (χ2n) is 6.35. The lowest BCUT2D eigenvalue weighted by Crippen LogP contribution is -2.36. The largest absolute Gasteiger partial charge is 0.480 e. The van der Waals surface area contributed by atoms with Crippen molar-refractivity contribution < 1.29 is 14.3 Å². The van der Waals surface area contributed by atoms with Gasteiger partial charge in [0.05, 0.1) is 17.8 Å². The molecule has 1 fully saturated rings. The monoisotopic (exact) mass is 348 g/mol. The van der Waals surface area contributed by atoms with Gasteiger partial charge in [0.25, 0.3) is 5.91 Å². The molecular formula is C16H24N6O3. The summed E-state index contributed by atoms with van der Waals surface area (Å²) < 4.78 is 12.9. The van der Waals surface area contributed by atoms with Crippen LogP contribution in [0.3, 0.4) is 0 Å². The Morgan fingerprint density at radius 1 is 1.36 bits per heavy atom. The van der Waals surface area contributed by atoms with E-state index < -0.39 is 0 Å². The number of hydrogen-bond donors (Lipinski definition) is 1. The van der Waals surface area contributed by atoms with Crippen LogP contribution in [0.2, 0.25) is 0 Å². The van der Waals surface area contributed by atoms with Crippen LogP contribution in [0, 0.1) is 20.8 Å². The van der Waals surface area contributed by atoms with Crippen LogP contribution in [0.25, 0.3) is 0 Å². The Kier molecular flexibility index (Phi) is 4.76. The van der Waals surface area contributed by atoms with E-state index in [1.807, 2.05) is 27.8 Å². The fourth-order valence-corrected chi connectivity index (χ4v) is 3.18. The van der Waals surface area contributed by atoms with Crippen LogP contribution in [-0.2, 0) is 16.6 Å². The highest BCUT2D eigenvalue weighted by Gasteiger charge is 2.38. The van der Waals surface area contributed by atoms with E-state index in [0.717, 1.165) is 17.2 Å². The van der Waals surface area contributed by atoms with Crippen LogP contribution in [0.5, 0.6) is 5.75 Å². The topological polar surface area (TPSA) is 98.2 Å².